The quantitative estimate of drug-likeness (QED) is 0.199. The Hall–Kier alpha value is -5.18. The van der Waals surface area contributed by atoms with Crippen LogP contribution in [0.3, 0.4) is 0 Å². The van der Waals surface area contributed by atoms with Gasteiger partial charge in [-0.05, 0) is 62.0 Å². The van der Waals surface area contributed by atoms with E-state index in [1.807, 2.05) is 11.3 Å². The van der Waals surface area contributed by atoms with E-state index in [0.29, 0.717) is 0 Å². The van der Waals surface area contributed by atoms with Gasteiger partial charge in [-0.2, -0.15) is 0 Å². The van der Waals surface area contributed by atoms with E-state index in [0.717, 1.165) is 21.9 Å². The highest BCUT2D eigenvalue weighted by atomic mass is 32.1. The second-order valence-electron chi connectivity index (χ2n) is 10.8. The van der Waals surface area contributed by atoms with Crippen LogP contribution in [-0.4, -0.2) is 0 Å². The Labute approximate surface area is 246 Å². The Balaban J connectivity index is 1.48. The number of fused-ring (bicyclic) bond motifs is 7. The molecule has 0 saturated carbocycles. The number of benzene rings is 7. The van der Waals surface area contributed by atoms with Crippen LogP contribution in [-0.2, 0) is 0 Å². The average Bonchev–Trinajstić information content (AvgIpc) is 3.67. The van der Waals surface area contributed by atoms with Gasteiger partial charge in [0.25, 0.3) is 0 Å². The number of hydrogen-bond acceptors (Lipinski definition) is 2. The van der Waals surface area contributed by atoms with Gasteiger partial charge in [-0.3, -0.25) is 0 Å². The van der Waals surface area contributed by atoms with Crippen LogP contribution in [0.4, 0.5) is 0 Å². The number of furan rings is 1. The topological polar surface area (TPSA) is 13.1 Å². The van der Waals surface area contributed by atoms with Gasteiger partial charge in [0, 0.05) is 31.3 Å². The van der Waals surface area contributed by atoms with Gasteiger partial charge in [-0.25, -0.2) is 0 Å². The van der Waals surface area contributed by atoms with Crippen LogP contribution in [0.2, 0.25) is 0 Å². The first-order valence-electron chi connectivity index (χ1n) is 14.3. The molecule has 9 aromatic rings. The molecule has 2 heterocycles. The van der Waals surface area contributed by atoms with Crippen LogP contribution >= 0.6 is 11.3 Å². The second-order valence-corrected chi connectivity index (χ2v) is 11.9. The lowest BCUT2D eigenvalue weighted by Crippen LogP contribution is -1.91. The van der Waals surface area contributed by atoms with Crippen molar-refractivity contribution in [3.8, 4) is 32.7 Å². The number of para-hydroxylation sites is 1. The number of hydrogen-bond donors (Lipinski definition) is 0. The maximum atomic E-state index is 6.56. The molecule has 0 N–H and O–H groups in total. The predicted molar refractivity (Wildman–Crippen MR) is 180 cm³/mol. The van der Waals surface area contributed by atoms with Gasteiger partial charge < -0.3 is 4.42 Å². The van der Waals surface area contributed by atoms with Crippen molar-refractivity contribution in [3.63, 3.8) is 0 Å². The third-order valence-electron chi connectivity index (χ3n) is 8.47. The van der Waals surface area contributed by atoms with Crippen molar-refractivity contribution in [3.05, 3.63) is 146 Å². The summed E-state index contributed by atoms with van der Waals surface area (Å²) in [5.74, 6) is 0. The summed E-state index contributed by atoms with van der Waals surface area (Å²) >= 11 is 1.85. The normalized spacial score (nSPS) is 11.8. The second kappa shape index (κ2) is 9.17. The molecule has 0 atom stereocenters. The van der Waals surface area contributed by atoms with E-state index in [-0.39, 0.29) is 0 Å². The number of rotatable bonds is 3. The predicted octanol–water partition coefficient (Wildman–Crippen LogP) is 12.1. The summed E-state index contributed by atoms with van der Waals surface area (Å²) in [6.07, 6.45) is 0. The molecular formula is C40H24OS. The Morgan fingerprint density at radius 3 is 1.57 bits per heavy atom. The van der Waals surface area contributed by atoms with Crippen molar-refractivity contribution in [1.82, 2.24) is 0 Å². The van der Waals surface area contributed by atoms with Crippen LogP contribution in [0.5, 0.6) is 0 Å². The molecule has 2 heteroatoms. The lowest BCUT2D eigenvalue weighted by atomic mass is 9.85. The lowest BCUT2D eigenvalue weighted by Gasteiger charge is -2.18. The van der Waals surface area contributed by atoms with Crippen molar-refractivity contribution < 1.29 is 4.42 Å². The van der Waals surface area contributed by atoms with Crippen LogP contribution in [0.25, 0.3) is 86.3 Å². The summed E-state index contributed by atoms with van der Waals surface area (Å²) in [5, 5.41) is 8.53. The molecule has 0 aliphatic carbocycles. The van der Waals surface area contributed by atoms with Crippen molar-refractivity contribution >= 4 is 64.9 Å². The van der Waals surface area contributed by atoms with Crippen molar-refractivity contribution in [2.75, 3.05) is 0 Å². The summed E-state index contributed by atoms with van der Waals surface area (Å²) in [5.41, 5.74) is 8.16. The van der Waals surface area contributed by atoms with Crippen molar-refractivity contribution in [2.24, 2.45) is 0 Å². The molecule has 0 saturated heterocycles. The van der Waals surface area contributed by atoms with Gasteiger partial charge in [-0.1, -0.05) is 127 Å². The Kier molecular flexibility index (Phi) is 5.13. The SMILES string of the molecule is c1ccc(-c2cc3c(s2)c(-c2c4ccccc4c(-c4ccccc4)c4ccccc24)cc2c4ccccc4oc32)cc1. The van der Waals surface area contributed by atoms with Crippen LogP contribution in [0.15, 0.2) is 150 Å². The van der Waals surface area contributed by atoms with Gasteiger partial charge in [0.05, 0.1) is 0 Å². The molecule has 1 nitrogen and oxygen atoms in total. The van der Waals surface area contributed by atoms with Crippen LogP contribution in [0.1, 0.15) is 0 Å². The molecule has 196 valence electrons. The zero-order chi connectivity index (χ0) is 27.6. The molecule has 0 amide bonds. The van der Waals surface area contributed by atoms with E-state index < -0.39 is 0 Å². The molecule has 42 heavy (non-hydrogen) atoms. The molecule has 9 rings (SSSR count). The highest BCUT2D eigenvalue weighted by Gasteiger charge is 2.22. The number of thiophene rings is 1. The van der Waals surface area contributed by atoms with Gasteiger partial charge in [0.2, 0.25) is 0 Å². The summed E-state index contributed by atoms with van der Waals surface area (Å²) in [6, 6.07) is 52.4. The summed E-state index contributed by atoms with van der Waals surface area (Å²) in [6.45, 7) is 0. The van der Waals surface area contributed by atoms with Crippen molar-refractivity contribution in [2.45, 2.75) is 0 Å². The molecule has 2 aromatic heterocycles. The lowest BCUT2D eigenvalue weighted by molar-refractivity contribution is 0.673. The van der Waals surface area contributed by atoms with Gasteiger partial charge in [0.1, 0.15) is 11.2 Å². The van der Waals surface area contributed by atoms with Gasteiger partial charge in [0.15, 0.2) is 0 Å². The van der Waals surface area contributed by atoms with Gasteiger partial charge >= 0.3 is 0 Å². The first-order chi connectivity index (χ1) is 20.8. The standard InChI is InChI=1S/C40H24OS/c1-3-13-25(14-4-1)36-24-34-39-32(27-17-11-12-22-35(27)41-39)23-33(40(34)42-36)38-30-20-9-7-18-28(30)37(26-15-5-2-6-16-26)29-19-8-10-21-31(29)38/h1-24H. The monoisotopic (exact) mass is 552 g/mol. The van der Waals surface area contributed by atoms with E-state index >= 15 is 0 Å². The molecular weight excluding hydrogens is 529 g/mol. The maximum Gasteiger partial charge on any atom is 0.144 e. The highest BCUT2D eigenvalue weighted by molar-refractivity contribution is 7.23. The molecule has 0 spiro atoms. The minimum Gasteiger partial charge on any atom is -0.455 e. The molecule has 0 aliphatic heterocycles. The summed E-state index contributed by atoms with van der Waals surface area (Å²) in [4.78, 5) is 1.24. The minimum absolute atomic E-state index is 0.924. The minimum atomic E-state index is 0.924. The molecule has 0 fully saturated rings. The molecule has 0 aliphatic rings. The van der Waals surface area contributed by atoms with E-state index in [1.54, 1.807) is 0 Å². The maximum absolute atomic E-state index is 6.56. The molecule has 0 radical (unpaired) electrons. The smallest absolute Gasteiger partial charge is 0.144 e. The largest absolute Gasteiger partial charge is 0.455 e. The van der Waals surface area contributed by atoms with Gasteiger partial charge in [-0.15, -0.1) is 11.3 Å². The van der Waals surface area contributed by atoms with Crippen LogP contribution < -0.4 is 0 Å². The fourth-order valence-corrected chi connectivity index (χ4v) is 7.83. The Morgan fingerprint density at radius 1 is 0.405 bits per heavy atom. The molecule has 0 unspecified atom stereocenters. The molecule has 7 aromatic carbocycles. The fraction of sp³-hybridized carbons (Fsp3) is 0. The Bertz CT molecular complexity index is 2390. The zero-order valence-electron chi connectivity index (χ0n) is 22.7. The first kappa shape index (κ1) is 23.5. The van der Waals surface area contributed by atoms with E-state index in [9.17, 15) is 0 Å². The van der Waals surface area contributed by atoms with E-state index in [1.165, 1.54) is 64.3 Å². The average molecular weight is 553 g/mol. The first-order valence-corrected chi connectivity index (χ1v) is 15.1. The summed E-state index contributed by atoms with van der Waals surface area (Å²) < 4.78 is 7.82. The zero-order valence-corrected chi connectivity index (χ0v) is 23.5. The van der Waals surface area contributed by atoms with E-state index in [4.69, 9.17) is 4.42 Å². The third-order valence-corrected chi connectivity index (χ3v) is 9.68. The third kappa shape index (κ3) is 3.43. The highest BCUT2D eigenvalue weighted by Crippen LogP contribution is 2.50. The summed E-state index contributed by atoms with van der Waals surface area (Å²) in [7, 11) is 0. The van der Waals surface area contributed by atoms with E-state index in [2.05, 4.69) is 146 Å². The van der Waals surface area contributed by atoms with Crippen molar-refractivity contribution in [1.29, 1.82) is 0 Å². The van der Waals surface area contributed by atoms with Crippen LogP contribution in [0, 0.1) is 0 Å². The Morgan fingerprint density at radius 2 is 0.929 bits per heavy atom. The molecule has 0 bridgehead atoms. The fourth-order valence-electron chi connectivity index (χ4n) is 6.64.